The standard InChI is InChI=1S/C21H20N6O2S/c22-11-14-12-24-21(30-14)27-8-6-26(7-9-27)20(29)13-3-4-15-17(10-13)25-19(28)16-2-1-5-23-18(15)16/h3-4,10,12,23H,1-2,5-9H2,(H,25,28). The Morgan fingerprint density at radius 2 is 2.07 bits per heavy atom. The summed E-state index contributed by atoms with van der Waals surface area (Å²) in [5.41, 5.74) is 2.87. The molecule has 30 heavy (non-hydrogen) atoms. The van der Waals surface area contributed by atoms with Gasteiger partial charge in [-0.1, -0.05) is 11.3 Å². The minimum absolute atomic E-state index is 0.0417. The van der Waals surface area contributed by atoms with E-state index in [9.17, 15) is 9.59 Å². The first-order valence-electron chi connectivity index (χ1n) is 9.97. The first kappa shape index (κ1) is 18.6. The Balaban J connectivity index is 1.35. The van der Waals surface area contributed by atoms with Crippen molar-refractivity contribution in [2.45, 2.75) is 12.8 Å². The number of H-pyrrole nitrogens is 1. The van der Waals surface area contributed by atoms with Crippen LogP contribution >= 0.6 is 11.3 Å². The van der Waals surface area contributed by atoms with Crippen LogP contribution in [0.4, 0.5) is 10.8 Å². The quantitative estimate of drug-likeness (QED) is 0.658. The van der Waals surface area contributed by atoms with E-state index in [1.165, 1.54) is 11.3 Å². The molecule has 9 heteroatoms. The van der Waals surface area contributed by atoms with Gasteiger partial charge < -0.3 is 20.1 Å². The Bertz CT molecular complexity index is 1230. The third kappa shape index (κ3) is 3.19. The zero-order valence-corrected chi connectivity index (χ0v) is 17.1. The summed E-state index contributed by atoms with van der Waals surface area (Å²) in [5.74, 6) is -0.0417. The van der Waals surface area contributed by atoms with E-state index in [1.54, 1.807) is 12.3 Å². The molecule has 0 unspecified atom stereocenters. The van der Waals surface area contributed by atoms with Gasteiger partial charge in [0.1, 0.15) is 10.9 Å². The molecule has 0 saturated carbocycles. The van der Waals surface area contributed by atoms with E-state index in [4.69, 9.17) is 5.26 Å². The number of benzene rings is 1. The molecule has 0 atom stereocenters. The molecule has 1 saturated heterocycles. The van der Waals surface area contributed by atoms with Crippen LogP contribution in [-0.4, -0.2) is 53.5 Å². The van der Waals surface area contributed by atoms with Crippen LogP contribution in [0.3, 0.4) is 0 Å². The van der Waals surface area contributed by atoms with E-state index in [2.05, 4.69) is 26.3 Å². The lowest BCUT2D eigenvalue weighted by Crippen LogP contribution is -2.48. The number of nitrogens with one attached hydrogen (secondary N) is 2. The maximum Gasteiger partial charge on any atom is 0.254 e. The van der Waals surface area contributed by atoms with Gasteiger partial charge in [-0.25, -0.2) is 4.98 Å². The Kier molecular flexibility index (Phi) is 4.64. The molecule has 152 valence electrons. The van der Waals surface area contributed by atoms with Crippen molar-refractivity contribution in [3.8, 4) is 6.07 Å². The van der Waals surface area contributed by atoms with Gasteiger partial charge in [0.05, 0.1) is 17.4 Å². The van der Waals surface area contributed by atoms with E-state index in [-0.39, 0.29) is 11.5 Å². The number of nitriles is 1. The number of hydrogen-bond acceptors (Lipinski definition) is 7. The predicted molar refractivity (Wildman–Crippen MR) is 116 cm³/mol. The summed E-state index contributed by atoms with van der Waals surface area (Å²) in [5, 5.41) is 14.1. The van der Waals surface area contributed by atoms with Gasteiger partial charge in [0.25, 0.3) is 11.5 Å². The van der Waals surface area contributed by atoms with Crippen LogP contribution in [0, 0.1) is 11.3 Å². The van der Waals surface area contributed by atoms with Gasteiger partial charge >= 0.3 is 0 Å². The van der Waals surface area contributed by atoms with Crippen LogP contribution < -0.4 is 15.8 Å². The van der Waals surface area contributed by atoms with Crippen molar-refractivity contribution in [3.63, 3.8) is 0 Å². The monoisotopic (exact) mass is 420 g/mol. The number of amides is 1. The number of carbonyl (C=O) groups is 1. The van der Waals surface area contributed by atoms with E-state index in [1.807, 2.05) is 17.0 Å². The average Bonchev–Trinajstić information content (AvgIpc) is 3.28. The summed E-state index contributed by atoms with van der Waals surface area (Å²) in [4.78, 5) is 37.2. The predicted octanol–water partition coefficient (Wildman–Crippen LogP) is 2.18. The topological polar surface area (TPSA) is 105 Å². The fraction of sp³-hybridized carbons (Fsp3) is 0.333. The highest BCUT2D eigenvalue weighted by atomic mass is 32.1. The van der Waals surface area contributed by atoms with Gasteiger partial charge in [-0.05, 0) is 31.0 Å². The summed E-state index contributed by atoms with van der Waals surface area (Å²) in [6, 6.07) is 7.65. The fourth-order valence-corrected chi connectivity index (χ4v) is 4.90. The van der Waals surface area contributed by atoms with Crippen molar-refractivity contribution in [2.24, 2.45) is 0 Å². The van der Waals surface area contributed by atoms with Gasteiger partial charge in [0.15, 0.2) is 5.13 Å². The molecule has 0 bridgehead atoms. The van der Waals surface area contributed by atoms with Crippen molar-refractivity contribution in [1.29, 1.82) is 5.26 Å². The summed E-state index contributed by atoms with van der Waals surface area (Å²) >= 11 is 1.37. The highest BCUT2D eigenvalue weighted by molar-refractivity contribution is 7.16. The van der Waals surface area contributed by atoms with Gasteiger partial charge in [-0.3, -0.25) is 9.59 Å². The molecule has 0 spiro atoms. The van der Waals surface area contributed by atoms with Gasteiger partial charge in [-0.2, -0.15) is 5.26 Å². The molecule has 8 nitrogen and oxygen atoms in total. The Labute approximate surface area is 176 Å². The molecule has 2 N–H and O–H groups in total. The largest absolute Gasteiger partial charge is 0.384 e. The summed E-state index contributed by atoms with van der Waals surface area (Å²) in [6.07, 6.45) is 3.30. The molecule has 1 aromatic carbocycles. The van der Waals surface area contributed by atoms with Crippen LogP contribution in [0.1, 0.15) is 27.2 Å². The van der Waals surface area contributed by atoms with Crippen LogP contribution in [0.5, 0.6) is 0 Å². The zero-order chi connectivity index (χ0) is 20.7. The van der Waals surface area contributed by atoms with E-state index in [0.717, 1.165) is 41.2 Å². The summed E-state index contributed by atoms with van der Waals surface area (Å²) in [6.45, 7) is 3.37. The lowest BCUT2D eigenvalue weighted by molar-refractivity contribution is 0.0747. The van der Waals surface area contributed by atoms with Crippen LogP contribution in [0.25, 0.3) is 10.9 Å². The molecule has 2 aliphatic heterocycles. The molecule has 2 aliphatic rings. The van der Waals surface area contributed by atoms with Gasteiger partial charge in [-0.15, -0.1) is 0 Å². The molecule has 5 rings (SSSR count). The zero-order valence-electron chi connectivity index (χ0n) is 16.3. The second-order valence-electron chi connectivity index (χ2n) is 7.50. The molecular formula is C21H20N6O2S. The average molecular weight is 420 g/mol. The second-order valence-corrected chi connectivity index (χ2v) is 8.51. The number of hydrogen-bond donors (Lipinski definition) is 2. The molecule has 0 aliphatic carbocycles. The van der Waals surface area contributed by atoms with Crippen LogP contribution in [-0.2, 0) is 6.42 Å². The minimum atomic E-state index is -0.0805. The van der Waals surface area contributed by atoms with E-state index in [0.29, 0.717) is 42.1 Å². The minimum Gasteiger partial charge on any atom is -0.384 e. The molecule has 4 heterocycles. The Morgan fingerprint density at radius 1 is 1.23 bits per heavy atom. The van der Waals surface area contributed by atoms with Crippen molar-refractivity contribution in [3.05, 3.63) is 50.8 Å². The van der Waals surface area contributed by atoms with Crippen molar-refractivity contribution < 1.29 is 4.79 Å². The van der Waals surface area contributed by atoms with Crippen molar-refractivity contribution in [1.82, 2.24) is 14.9 Å². The molecule has 3 aromatic rings. The highest BCUT2D eigenvalue weighted by Crippen LogP contribution is 2.28. The number of anilines is 2. The maximum absolute atomic E-state index is 13.1. The normalized spacial score (nSPS) is 16.1. The summed E-state index contributed by atoms with van der Waals surface area (Å²) < 4.78 is 0. The first-order chi connectivity index (χ1) is 14.6. The number of rotatable bonds is 2. The SMILES string of the molecule is N#Cc1cnc(N2CCN(C(=O)c3ccc4c5c(c(=O)[nH]c4c3)CCCN5)CC2)s1. The lowest BCUT2D eigenvalue weighted by atomic mass is 10.0. The van der Waals surface area contributed by atoms with Gasteiger partial charge in [0.2, 0.25) is 0 Å². The van der Waals surface area contributed by atoms with Gasteiger partial charge in [0, 0.05) is 49.2 Å². The summed E-state index contributed by atoms with van der Waals surface area (Å²) in [7, 11) is 0. The molecular weight excluding hydrogens is 400 g/mol. The Morgan fingerprint density at radius 3 is 2.83 bits per heavy atom. The number of aromatic nitrogens is 2. The number of piperazine rings is 1. The molecule has 2 aromatic heterocycles. The molecule has 1 amide bonds. The maximum atomic E-state index is 13.1. The smallest absolute Gasteiger partial charge is 0.254 e. The lowest BCUT2D eigenvalue weighted by Gasteiger charge is -2.34. The van der Waals surface area contributed by atoms with Crippen LogP contribution in [0.15, 0.2) is 29.2 Å². The van der Waals surface area contributed by atoms with E-state index >= 15 is 0 Å². The number of nitrogens with zero attached hydrogens (tertiary/aromatic N) is 4. The fourth-order valence-electron chi connectivity index (χ4n) is 4.14. The number of aromatic amines is 1. The number of carbonyl (C=O) groups excluding carboxylic acids is 1. The number of fused-ring (bicyclic) bond motifs is 3. The molecule has 1 fully saturated rings. The Hall–Kier alpha value is -3.38. The third-order valence-electron chi connectivity index (χ3n) is 5.71. The third-order valence-corrected chi connectivity index (χ3v) is 6.67. The van der Waals surface area contributed by atoms with E-state index < -0.39 is 0 Å². The highest BCUT2D eigenvalue weighted by Gasteiger charge is 2.24. The second kappa shape index (κ2) is 7.46. The van der Waals surface area contributed by atoms with Crippen molar-refractivity contribution in [2.75, 3.05) is 42.9 Å². The molecule has 0 radical (unpaired) electrons. The first-order valence-corrected chi connectivity index (χ1v) is 10.8. The van der Waals surface area contributed by atoms with Crippen molar-refractivity contribution >= 4 is 39.0 Å². The number of pyridine rings is 1. The number of thiazole rings is 1. The van der Waals surface area contributed by atoms with Crippen LogP contribution in [0.2, 0.25) is 0 Å².